The van der Waals surface area contributed by atoms with Gasteiger partial charge in [-0.25, -0.2) is 4.39 Å². The molecule has 5 heteroatoms. The van der Waals surface area contributed by atoms with E-state index in [4.69, 9.17) is 0 Å². The van der Waals surface area contributed by atoms with Gasteiger partial charge < -0.3 is 10.2 Å². The van der Waals surface area contributed by atoms with Crippen LogP contribution in [0.15, 0.2) is 48.5 Å². The van der Waals surface area contributed by atoms with E-state index in [1.165, 1.54) is 16.5 Å². The predicted octanol–water partition coefficient (Wildman–Crippen LogP) is 5.22. The smallest absolute Gasteiger partial charge is 0.242 e. The van der Waals surface area contributed by atoms with Crippen LogP contribution in [0.1, 0.15) is 69.6 Å². The molecule has 0 heterocycles. The SMILES string of the molecule is CCCCNC(=O)C(C)N(Cc1ccccc1F)C(=O)CCc1ccc(C(C)C)cc1. The van der Waals surface area contributed by atoms with E-state index in [1.807, 2.05) is 12.1 Å². The average molecular weight is 427 g/mol. The van der Waals surface area contributed by atoms with Gasteiger partial charge >= 0.3 is 0 Å². The van der Waals surface area contributed by atoms with E-state index < -0.39 is 6.04 Å². The molecule has 0 saturated carbocycles. The minimum absolute atomic E-state index is 0.0696. The standard InChI is InChI=1S/C26H35FN2O2/c1-5-6-17-28-26(31)20(4)29(18-23-9-7-8-10-24(23)27)25(30)16-13-21-11-14-22(15-12-21)19(2)3/h7-12,14-15,19-20H,5-6,13,16-18H2,1-4H3,(H,28,31). The van der Waals surface area contributed by atoms with Gasteiger partial charge in [0.25, 0.3) is 0 Å². The summed E-state index contributed by atoms with van der Waals surface area (Å²) in [5, 5.41) is 2.88. The number of halogens is 1. The Morgan fingerprint density at radius 3 is 2.32 bits per heavy atom. The summed E-state index contributed by atoms with van der Waals surface area (Å²) in [7, 11) is 0. The third-order valence-electron chi connectivity index (χ3n) is 5.57. The predicted molar refractivity (Wildman–Crippen MR) is 123 cm³/mol. The molecule has 0 aliphatic rings. The largest absolute Gasteiger partial charge is 0.354 e. The molecule has 4 nitrogen and oxygen atoms in total. The Balaban J connectivity index is 2.11. The molecule has 2 aromatic carbocycles. The summed E-state index contributed by atoms with van der Waals surface area (Å²) < 4.78 is 14.2. The summed E-state index contributed by atoms with van der Waals surface area (Å²) in [6, 6.07) is 14.0. The number of benzene rings is 2. The summed E-state index contributed by atoms with van der Waals surface area (Å²) in [6.45, 7) is 8.69. The van der Waals surface area contributed by atoms with E-state index in [2.05, 4.69) is 38.2 Å². The number of aryl methyl sites for hydroxylation is 1. The van der Waals surface area contributed by atoms with E-state index in [9.17, 15) is 14.0 Å². The van der Waals surface area contributed by atoms with Gasteiger partial charge in [-0.2, -0.15) is 0 Å². The van der Waals surface area contributed by atoms with Crippen molar-refractivity contribution in [3.63, 3.8) is 0 Å². The number of nitrogens with one attached hydrogen (secondary N) is 1. The molecule has 2 aromatic rings. The Kier molecular flexibility index (Phi) is 9.70. The van der Waals surface area contributed by atoms with Gasteiger partial charge in [0.05, 0.1) is 0 Å². The van der Waals surface area contributed by atoms with E-state index >= 15 is 0 Å². The number of carbonyl (C=O) groups is 2. The van der Waals surface area contributed by atoms with Crippen LogP contribution in [-0.2, 0) is 22.6 Å². The maximum Gasteiger partial charge on any atom is 0.242 e. The molecule has 168 valence electrons. The van der Waals surface area contributed by atoms with Gasteiger partial charge in [-0.05, 0) is 42.9 Å². The van der Waals surface area contributed by atoms with Crippen molar-refractivity contribution in [2.24, 2.45) is 0 Å². The molecule has 2 rings (SSSR count). The number of amides is 2. The zero-order chi connectivity index (χ0) is 22.8. The fraction of sp³-hybridized carbons (Fsp3) is 0.462. The lowest BCUT2D eigenvalue weighted by Crippen LogP contribution is -2.48. The summed E-state index contributed by atoms with van der Waals surface area (Å²) in [5.74, 6) is -0.282. The van der Waals surface area contributed by atoms with Crippen LogP contribution in [0.3, 0.4) is 0 Å². The molecule has 1 atom stereocenters. The first-order chi connectivity index (χ1) is 14.8. The van der Waals surface area contributed by atoms with Gasteiger partial charge in [0.15, 0.2) is 0 Å². The Hall–Kier alpha value is -2.69. The van der Waals surface area contributed by atoms with Crippen LogP contribution in [0.2, 0.25) is 0 Å². The maximum atomic E-state index is 14.2. The van der Waals surface area contributed by atoms with Crippen LogP contribution in [0.5, 0.6) is 0 Å². The van der Waals surface area contributed by atoms with Crippen molar-refractivity contribution in [1.82, 2.24) is 10.2 Å². The van der Waals surface area contributed by atoms with Crippen LogP contribution in [0.4, 0.5) is 4.39 Å². The van der Waals surface area contributed by atoms with Gasteiger partial charge in [-0.1, -0.05) is 69.7 Å². The fourth-order valence-corrected chi connectivity index (χ4v) is 3.39. The molecular formula is C26H35FN2O2. The number of rotatable bonds is 11. The van der Waals surface area contributed by atoms with Crippen LogP contribution in [0.25, 0.3) is 0 Å². The highest BCUT2D eigenvalue weighted by Crippen LogP contribution is 2.18. The molecule has 0 aliphatic carbocycles. The summed E-state index contributed by atoms with van der Waals surface area (Å²) in [6.07, 6.45) is 2.70. The lowest BCUT2D eigenvalue weighted by molar-refractivity contribution is -0.140. The molecule has 0 spiro atoms. The van der Waals surface area contributed by atoms with Crippen molar-refractivity contribution >= 4 is 11.8 Å². The molecule has 0 aliphatic heterocycles. The first kappa shape index (κ1) is 24.6. The normalized spacial score (nSPS) is 11.9. The second-order valence-electron chi connectivity index (χ2n) is 8.33. The molecule has 1 N–H and O–H groups in total. The van der Waals surface area contributed by atoms with Gasteiger partial charge in [-0.15, -0.1) is 0 Å². The van der Waals surface area contributed by atoms with Crippen LogP contribution < -0.4 is 5.32 Å². The van der Waals surface area contributed by atoms with Gasteiger partial charge in [0, 0.05) is 25.1 Å². The Labute approximate surface area is 185 Å². The number of carbonyl (C=O) groups excluding carboxylic acids is 2. The molecule has 31 heavy (non-hydrogen) atoms. The van der Waals surface area contributed by atoms with Crippen LogP contribution >= 0.6 is 0 Å². The molecule has 0 aromatic heterocycles. The minimum Gasteiger partial charge on any atom is -0.354 e. The van der Waals surface area contributed by atoms with E-state index in [-0.39, 0.29) is 30.6 Å². The third-order valence-corrected chi connectivity index (χ3v) is 5.57. The van der Waals surface area contributed by atoms with Gasteiger partial charge in [0.2, 0.25) is 11.8 Å². The molecule has 0 radical (unpaired) electrons. The molecule has 0 bridgehead atoms. The minimum atomic E-state index is -0.674. The van der Waals surface area contributed by atoms with Crippen molar-refractivity contribution in [1.29, 1.82) is 0 Å². The highest BCUT2D eigenvalue weighted by atomic mass is 19.1. The lowest BCUT2D eigenvalue weighted by Gasteiger charge is -2.29. The maximum absolute atomic E-state index is 14.2. The second kappa shape index (κ2) is 12.2. The summed E-state index contributed by atoms with van der Waals surface area (Å²) in [5.41, 5.74) is 2.74. The molecule has 1 unspecified atom stereocenters. The molecule has 0 fully saturated rings. The lowest BCUT2D eigenvalue weighted by atomic mass is 10.00. The Morgan fingerprint density at radius 1 is 1.03 bits per heavy atom. The first-order valence-electron chi connectivity index (χ1n) is 11.2. The topological polar surface area (TPSA) is 49.4 Å². The van der Waals surface area contributed by atoms with Crippen molar-refractivity contribution in [3.05, 3.63) is 71.0 Å². The highest BCUT2D eigenvalue weighted by Gasteiger charge is 2.26. The Morgan fingerprint density at radius 2 is 1.71 bits per heavy atom. The highest BCUT2D eigenvalue weighted by molar-refractivity contribution is 5.87. The van der Waals surface area contributed by atoms with Crippen molar-refractivity contribution in [2.45, 2.75) is 71.9 Å². The zero-order valence-electron chi connectivity index (χ0n) is 19.2. The second-order valence-corrected chi connectivity index (χ2v) is 8.33. The molecular weight excluding hydrogens is 391 g/mol. The summed E-state index contributed by atoms with van der Waals surface area (Å²) in [4.78, 5) is 27.2. The fourth-order valence-electron chi connectivity index (χ4n) is 3.39. The monoisotopic (exact) mass is 426 g/mol. The Bertz CT molecular complexity index is 849. The first-order valence-corrected chi connectivity index (χ1v) is 11.2. The van der Waals surface area contributed by atoms with E-state index in [0.29, 0.717) is 24.4 Å². The number of unbranched alkanes of at least 4 members (excludes halogenated alkanes) is 1. The number of hydrogen-bond donors (Lipinski definition) is 1. The number of hydrogen-bond acceptors (Lipinski definition) is 2. The van der Waals surface area contributed by atoms with Crippen LogP contribution in [-0.4, -0.2) is 29.3 Å². The van der Waals surface area contributed by atoms with Crippen LogP contribution in [0, 0.1) is 5.82 Å². The van der Waals surface area contributed by atoms with Gasteiger partial charge in [-0.3, -0.25) is 9.59 Å². The quantitative estimate of drug-likeness (QED) is 0.501. The average Bonchev–Trinajstić information content (AvgIpc) is 2.76. The third kappa shape index (κ3) is 7.50. The van der Waals surface area contributed by atoms with Crippen molar-refractivity contribution in [2.75, 3.05) is 6.54 Å². The number of nitrogens with zero attached hydrogens (tertiary/aromatic N) is 1. The van der Waals surface area contributed by atoms with E-state index in [1.54, 1.807) is 25.1 Å². The zero-order valence-corrected chi connectivity index (χ0v) is 19.2. The van der Waals surface area contributed by atoms with Crippen molar-refractivity contribution < 1.29 is 14.0 Å². The van der Waals surface area contributed by atoms with Crippen molar-refractivity contribution in [3.8, 4) is 0 Å². The van der Waals surface area contributed by atoms with Gasteiger partial charge in [0.1, 0.15) is 11.9 Å². The summed E-state index contributed by atoms with van der Waals surface area (Å²) >= 11 is 0. The van der Waals surface area contributed by atoms with E-state index in [0.717, 1.165) is 18.4 Å². The molecule has 0 saturated heterocycles. The molecule has 2 amide bonds.